The van der Waals surface area contributed by atoms with Crippen molar-refractivity contribution in [2.24, 2.45) is 10.4 Å². The molecule has 0 aliphatic carbocycles. The van der Waals surface area contributed by atoms with E-state index in [1.807, 2.05) is 11.8 Å². The molecule has 1 N–H and O–H groups in total. The second-order valence-electron chi connectivity index (χ2n) is 7.61. The first-order valence-electron chi connectivity index (χ1n) is 7.06. The van der Waals surface area contributed by atoms with Gasteiger partial charge in [0.15, 0.2) is 5.17 Å². The molecule has 0 aromatic rings. The predicted molar refractivity (Wildman–Crippen MR) is 84.5 cm³/mol. The Hall–Kier alpha value is -0.180. The van der Waals surface area contributed by atoms with Crippen LogP contribution in [0.25, 0.3) is 0 Å². The van der Waals surface area contributed by atoms with Crippen LogP contribution >= 0.6 is 11.8 Å². The number of nitrogens with one attached hydrogen (secondary N) is 1. The molecule has 0 aromatic carbocycles. The summed E-state index contributed by atoms with van der Waals surface area (Å²) in [6.45, 7) is 15.9. The average molecular weight is 270 g/mol. The minimum absolute atomic E-state index is 0.107. The molecule has 2 nitrogen and oxygen atoms in total. The molecular formula is C15H30N2S. The Morgan fingerprint density at radius 3 is 2.39 bits per heavy atom. The minimum Gasteiger partial charge on any atom is -0.360 e. The first-order valence-corrected chi connectivity index (χ1v) is 8.05. The molecule has 1 unspecified atom stereocenters. The van der Waals surface area contributed by atoms with E-state index in [2.05, 4.69) is 53.8 Å². The van der Waals surface area contributed by atoms with Crippen molar-refractivity contribution in [3.63, 3.8) is 0 Å². The van der Waals surface area contributed by atoms with Crippen molar-refractivity contribution < 1.29 is 0 Å². The van der Waals surface area contributed by atoms with Crippen LogP contribution in [-0.2, 0) is 0 Å². The van der Waals surface area contributed by atoms with Gasteiger partial charge in [-0.15, -0.1) is 0 Å². The van der Waals surface area contributed by atoms with Gasteiger partial charge in [-0.2, -0.15) is 0 Å². The van der Waals surface area contributed by atoms with Gasteiger partial charge < -0.3 is 5.32 Å². The summed E-state index contributed by atoms with van der Waals surface area (Å²) in [7, 11) is 0. The summed E-state index contributed by atoms with van der Waals surface area (Å²) in [6, 6.07) is 0. The molecule has 0 aromatic heterocycles. The molecule has 0 amide bonds. The Morgan fingerprint density at radius 1 is 1.28 bits per heavy atom. The SMILES string of the molecule is CCC1(C)CCSC(NC(C)(C)CC(C)(C)C)=N1. The predicted octanol–water partition coefficient (Wildman–Crippen LogP) is 4.45. The van der Waals surface area contributed by atoms with E-state index in [1.54, 1.807) is 0 Å². The van der Waals surface area contributed by atoms with Crippen LogP contribution in [0.4, 0.5) is 0 Å². The highest BCUT2D eigenvalue weighted by Crippen LogP contribution is 2.31. The highest BCUT2D eigenvalue weighted by molar-refractivity contribution is 8.13. The van der Waals surface area contributed by atoms with E-state index < -0.39 is 0 Å². The van der Waals surface area contributed by atoms with E-state index in [0.717, 1.165) is 18.0 Å². The molecular weight excluding hydrogens is 240 g/mol. The van der Waals surface area contributed by atoms with Crippen LogP contribution in [0.1, 0.15) is 67.7 Å². The second-order valence-corrected chi connectivity index (χ2v) is 8.70. The molecule has 0 fully saturated rings. The smallest absolute Gasteiger partial charge is 0.157 e. The summed E-state index contributed by atoms with van der Waals surface area (Å²) in [4.78, 5) is 4.92. The van der Waals surface area contributed by atoms with Crippen LogP contribution in [-0.4, -0.2) is 22.0 Å². The zero-order chi connectivity index (χ0) is 14.0. The van der Waals surface area contributed by atoms with Crippen molar-refractivity contribution in [1.29, 1.82) is 0 Å². The van der Waals surface area contributed by atoms with Gasteiger partial charge in [0, 0.05) is 11.3 Å². The fraction of sp³-hybridized carbons (Fsp3) is 0.933. The van der Waals surface area contributed by atoms with Gasteiger partial charge in [0.05, 0.1) is 5.54 Å². The van der Waals surface area contributed by atoms with E-state index in [4.69, 9.17) is 4.99 Å². The van der Waals surface area contributed by atoms with E-state index >= 15 is 0 Å². The molecule has 1 aliphatic heterocycles. The molecule has 1 heterocycles. The van der Waals surface area contributed by atoms with Crippen molar-refractivity contribution in [1.82, 2.24) is 5.32 Å². The third-order valence-corrected chi connectivity index (χ3v) is 4.31. The molecule has 18 heavy (non-hydrogen) atoms. The van der Waals surface area contributed by atoms with E-state index in [-0.39, 0.29) is 11.1 Å². The summed E-state index contributed by atoms with van der Waals surface area (Å²) in [5.41, 5.74) is 0.589. The Kier molecular flexibility index (Phi) is 4.80. The van der Waals surface area contributed by atoms with Gasteiger partial charge in [0.1, 0.15) is 0 Å². The Labute approximate surface area is 117 Å². The molecule has 106 valence electrons. The first kappa shape index (κ1) is 15.9. The largest absolute Gasteiger partial charge is 0.360 e. The summed E-state index contributed by atoms with van der Waals surface area (Å²) in [5.74, 6) is 1.18. The Morgan fingerprint density at radius 2 is 1.89 bits per heavy atom. The van der Waals surface area contributed by atoms with Crippen LogP contribution < -0.4 is 5.32 Å². The number of nitrogens with zero attached hydrogens (tertiary/aromatic N) is 1. The van der Waals surface area contributed by atoms with Crippen molar-refractivity contribution in [3.05, 3.63) is 0 Å². The van der Waals surface area contributed by atoms with Gasteiger partial charge in [-0.25, -0.2) is 0 Å². The summed E-state index contributed by atoms with van der Waals surface area (Å²) >= 11 is 1.87. The maximum atomic E-state index is 4.92. The molecule has 0 spiro atoms. The molecule has 0 radical (unpaired) electrons. The van der Waals surface area contributed by atoms with Crippen LogP contribution in [0.3, 0.4) is 0 Å². The number of thioether (sulfide) groups is 1. The monoisotopic (exact) mass is 270 g/mol. The topological polar surface area (TPSA) is 24.4 Å². The van der Waals surface area contributed by atoms with Gasteiger partial charge in [-0.05, 0) is 45.4 Å². The summed E-state index contributed by atoms with van der Waals surface area (Å²) < 4.78 is 0. The minimum atomic E-state index is 0.107. The molecule has 1 atom stereocenters. The number of amidine groups is 1. The van der Waals surface area contributed by atoms with E-state index in [9.17, 15) is 0 Å². The molecule has 1 rings (SSSR count). The van der Waals surface area contributed by atoms with Gasteiger partial charge in [0.2, 0.25) is 0 Å². The first-order chi connectivity index (χ1) is 8.05. The molecule has 3 heteroatoms. The zero-order valence-corrected chi connectivity index (χ0v) is 14.0. The third-order valence-electron chi connectivity index (χ3n) is 3.43. The number of hydrogen-bond donors (Lipinski definition) is 1. The highest BCUT2D eigenvalue weighted by atomic mass is 32.2. The van der Waals surface area contributed by atoms with Crippen molar-refractivity contribution in [2.45, 2.75) is 78.8 Å². The molecule has 0 saturated carbocycles. The lowest BCUT2D eigenvalue weighted by Gasteiger charge is -2.37. The fourth-order valence-corrected chi connectivity index (χ4v) is 4.05. The standard InChI is InChI=1S/C15H30N2S/c1-8-15(7)9-10-18-12(17-15)16-14(5,6)11-13(2,3)4/h8-11H2,1-7H3,(H,16,17). The Bertz CT molecular complexity index is 315. The Balaban J connectivity index is 2.72. The van der Waals surface area contributed by atoms with Crippen LogP contribution in [0.2, 0.25) is 0 Å². The van der Waals surface area contributed by atoms with Gasteiger partial charge in [-0.3, -0.25) is 4.99 Å². The number of aliphatic imine (C=N–C) groups is 1. The third kappa shape index (κ3) is 5.21. The second kappa shape index (κ2) is 5.44. The summed E-state index contributed by atoms with van der Waals surface area (Å²) in [5, 5.41) is 4.79. The van der Waals surface area contributed by atoms with Gasteiger partial charge in [0.25, 0.3) is 0 Å². The van der Waals surface area contributed by atoms with Crippen LogP contribution in [0.5, 0.6) is 0 Å². The number of rotatable bonds is 3. The van der Waals surface area contributed by atoms with Gasteiger partial charge in [-0.1, -0.05) is 39.5 Å². The highest BCUT2D eigenvalue weighted by Gasteiger charge is 2.30. The van der Waals surface area contributed by atoms with Crippen molar-refractivity contribution >= 4 is 16.9 Å². The van der Waals surface area contributed by atoms with Crippen molar-refractivity contribution in [3.8, 4) is 0 Å². The molecule has 0 saturated heterocycles. The molecule has 0 bridgehead atoms. The van der Waals surface area contributed by atoms with Gasteiger partial charge >= 0.3 is 0 Å². The zero-order valence-electron chi connectivity index (χ0n) is 13.2. The lowest BCUT2D eigenvalue weighted by molar-refractivity contribution is 0.267. The number of hydrogen-bond acceptors (Lipinski definition) is 3. The maximum Gasteiger partial charge on any atom is 0.157 e. The maximum absolute atomic E-state index is 4.92. The summed E-state index contributed by atoms with van der Waals surface area (Å²) in [6.07, 6.45) is 3.46. The quantitative estimate of drug-likeness (QED) is 0.819. The molecule has 1 aliphatic rings. The fourth-order valence-electron chi connectivity index (χ4n) is 2.68. The lowest BCUT2D eigenvalue weighted by atomic mass is 9.82. The van der Waals surface area contributed by atoms with E-state index in [1.165, 1.54) is 12.2 Å². The van der Waals surface area contributed by atoms with Crippen LogP contribution in [0.15, 0.2) is 4.99 Å². The van der Waals surface area contributed by atoms with E-state index in [0.29, 0.717) is 5.41 Å². The average Bonchev–Trinajstić information content (AvgIpc) is 2.12. The normalized spacial score (nSPS) is 25.8. The lowest BCUT2D eigenvalue weighted by Crippen LogP contribution is -2.47. The van der Waals surface area contributed by atoms with Crippen molar-refractivity contribution in [2.75, 3.05) is 5.75 Å². The van der Waals surface area contributed by atoms with Crippen LogP contribution in [0, 0.1) is 5.41 Å².